The summed E-state index contributed by atoms with van der Waals surface area (Å²) in [7, 11) is 2.77. The van der Waals surface area contributed by atoms with Gasteiger partial charge in [0.1, 0.15) is 48.1 Å². The lowest BCUT2D eigenvalue weighted by molar-refractivity contribution is -0.311. The maximum Gasteiger partial charge on any atom is 0.349 e. The van der Waals surface area contributed by atoms with E-state index < -0.39 is 35.8 Å². The standard InChI is InChI=1S/C22H29NO9/c1-7-22(4)19(28-5)16(25)17(26)21(32-22)30-13-9-8-12-15(24)14(11(3)23-29-6)20(27)31-18(12)10(13)2/h8-9,16-17,19,21,24-26H,7H2,1-6H3/b23-11+/t16-,17+,19+,21+,22-/m0/s1. The summed E-state index contributed by atoms with van der Waals surface area (Å²) in [4.78, 5) is 17.2. The second-order valence-electron chi connectivity index (χ2n) is 7.95. The summed E-state index contributed by atoms with van der Waals surface area (Å²) in [6.45, 7) is 6.79. The van der Waals surface area contributed by atoms with Crippen molar-refractivity contribution in [2.45, 2.75) is 64.3 Å². The summed E-state index contributed by atoms with van der Waals surface area (Å²) in [6, 6.07) is 3.07. The quantitative estimate of drug-likeness (QED) is 0.341. The van der Waals surface area contributed by atoms with Crippen molar-refractivity contribution in [2.75, 3.05) is 14.2 Å². The van der Waals surface area contributed by atoms with Gasteiger partial charge in [-0.3, -0.25) is 0 Å². The van der Waals surface area contributed by atoms with Gasteiger partial charge in [0.05, 0.1) is 16.7 Å². The molecule has 5 atom stereocenters. The monoisotopic (exact) mass is 451 g/mol. The molecule has 32 heavy (non-hydrogen) atoms. The van der Waals surface area contributed by atoms with Crippen LogP contribution in [-0.2, 0) is 14.3 Å². The number of aromatic hydroxyl groups is 1. The fourth-order valence-electron chi connectivity index (χ4n) is 3.99. The second-order valence-corrected chi connectivity index (χ2v) is 7.95. The maximum atomic E-state index is 12.5. The van der Waals surface area contributed by atoms with E-state index in [4.69, 9.17) is 18.6 Å². The van der Waals surface area contributed by atoms with Crippen molar-refractivity contribution in [1.82, 2.24) is 0 Å². The van der Waals surface area contributed by atoms with Gasteiger partial charge in [-0.05, 0) is 39.3 Å². The molecule has 3 rings (SSSR count). The fraction of sp³-hybridized carbons (Fsp3) is 0.545. The van der Waals surface area contributed by atoms with Crippen molar-refractivity contribution < 1.29 is 38.8 Å². The van der Waals surface area contributed by atoms with Crippen LogP contribution in [0.25, 0.3) is 11.0 Å². The van der Waals surface area contributed by atoms with Crippen molar-refractivity contribution in [3.8, 4) is 11.5 Å². The molecule has 0 unspecified atom stereocenters. The van der Waals surface area contributed by atoms with Crippen molar-refractivity contribution in [1.29, 1.82) is 0 Å². The van der Waals surface area contributed by atoms with E-state index in [0.29, 0.717) is 12.0 Å². The third kappa shape index (κ3) is 3.95. The van der Waals surface area contributed by atoms with E-state index in [2.05, 4.69) is 9.99 Å². The zero-order valence-corrected chi connectivity index (χ0v) is 18.9. The number of nitrogens with zero attached hydrogens (tertiary/aromatic N) is 1. The van der Waals surface area contributed by atoms with Crippen molar-refractivity contribution in [3.63, 3.8) is 0 Å². The minimum Gasteiger partial charge on any atom is -0.506 e. The summed E-state index contributed by atoms with van der Waals surface area (Å²) in [5, 5.41) is 35.7. The van der Waals surface area contributed by atoms with Crippen molar-refractivity contribution in [2.24, 2.45) is 5.16 Å². The van der Waals surface area contributed by atoms with Crippen LogP contribution in [0.4, 0.5) is 0 Å². The van der Waals surface area contributed by atoms with Gasteiger partial charge in [-0.15, -0.1) is 0 Å². The van der Waals surface area contributed by atoms with Crippen LogP contribution in [0.1, 0.15) is 38.3 Å². The van der Waals surface area contributed by atoms with Crippen LogP contribution in [0.15, 0.2) is 26.5 Å². The van der Waals surface area contributed by atoms with Gasteiger partial charge in [-0.2, -0.15) is 0 Å². The number of aryl methyl sites for hydroxylation is 1. The Balaban J connectivity index is 2.02. The molecule has 10 nitrogen and oxygen atoms in total. The van der Waals surface area contributed by atoms with Crippen LogP contribution in [0.3, 0.4) is 0 Å². The normalized spacial score (nSPS) is 28.7. The number of ether oxygens (including phenoxy) is 3. The zero-order chi connectivity index (χ0) is 23.8. The maximum absolute atomic E-state index is 12.5. The Bertz CT molecular complexity index is 1080. The lowest BCUT2D eigenvalue weighted by Gasteiger charge is -2.47. The van der Waals surface area contributed by atoms with E-state index in [0.717, 1.165) is 0 Å². The Hall–Kier alpha value is -2.66. The Morgan fingerprint density at radius 1 is 1.25 bits per heavy atom. The fourth-order valence-corrected chi connectivity index (χ4v) is 3.99. The van der Waals surface area contributed by atoms with Crippen LogP contribution >= 0.6 is 0 Å². The number of aliphatic hydroxyl groups is 2. The average Bonchev–Trinajstić information content (AvgIpc) is 2.74. The molecule has 1 saturated heterocycles. The Kier molecular flexibility index (Phi) is 6.80. The highest BCUT2D eigenvalue weighted by Crippen LogP contribution is 2.38. The van der Waals surface area contributed by atoms with E-state index in [9.17, 15) is 20.1 Å². The minimum absolute atomic E-state index is 0.106. The van der Waals surface area contributed by atoms with Crippen molar-refractivity contribution in [3.05, 3.63) is 33.7 Å². The summed E-state index contributed by atoms with van der Waals surface area (Å²) >= 11 is 0. The summed E-state index contributed by atoms with van der Waals surface area (Å²) in [6.07, 6.45) is -4.07. The topological polar surface area (TPSA) is 140 Å². The predicted molar refractivity (Wildman–Crippen MR) is 115 cm³/mol. The number of benzene rings is 1. The molecular weight excluding hydrogens is 422 g/mol. The largest absolute Gasteiger partial charge is 0.506 e. The van der Waals surface area contributed by atoms with Gasteiger partial charge < -0.3 is 38.8 Å². The molecule has 1 fully saturated rings. The van der Waals surface area contributed by atoms with Gasteiger partial charge >= 0.3 is 5.63 Å². The predicted octanol–water partition coefficient (Wildman–Crippen LogP) is 1.82. The van der Waals surface area contributed by atoms with Gasteiger partial charge in [0.15, 0.2) is 0 Å². The third-order valence-corrected chi connectivity index (χ3v) is 5.96. The highest BCUT2D eigenvalue weighted by molar-refractivity contribution is 6.04. The second kappa shape index (κ2) is 9.07. The molecule has 0 radical (unpaired) electrons. The minimum atomic E-state index is -1.38. The Labute approximate surface area is 185 Å². The number of hydrogen-bond donors (Lipinski definition) is 3. The average molecular weight is 451 g/mol. The zero-order valence-electron chi connectivity index (χ0n) is 18.9. The molecule has 0 saturated carbocycles. The van der Waals surface area contributed by atoms with Crippen LogP contribution in [0.2, 0.25) is 0 Å². The first-order valence-corrected chi connectivity index (χ1v) is 10.2. The molecule has 1 aliphatic rings. The molecule has 176 valence electrons. The summed E-state index contributed by atoms with van der Waals surface area (Å²) in [5.41, 5.74) is -1.12. The number of rotatable bonds is 6. The van der Waals surface area contributed by atoms with Crippen LogP contribution < -0.4 is 10.4 Å². The number of methoxy groups -OCH3 is 1. The molecule has 2 aromatic rings. The molecule has 0 spiro atoms. The Morgan fingerprint density at radius 3 is 2.53 bits per heavy atom. The van der Waals surface area contributed by atoms with Crippen LogP contribution in [0, 0.1) is 6.92 Å². The van der Waals surface area contributed by atoms with E-state index in [1.807, 2.05) is 6.92 Å². The third-order valence-electron chi connectivity index (χ3n) is 5.96. The molecule has 0 aliphatic carbocycles. The van der Waals surface area contributed by atoms with E-state index >= 15 is 0 Å². The van der Waals surface area contributed by atoms with Gasteiger partial charge in [0, 0.05) is 12.7 Å². The highest BCUT2D eigenvalue weighted by atomic mass is 16.7. The number of hydrogen-bond acceptors (Lipinski definition) is 10. The SMILES string of the molecule is CC[C@]1(C)O[C@@H](Oc2ccc3c(O)c(/C(C)=N/OC)c(=O)oc3c2C)[C@H](O)[C@H](O)[C@H]1OC. The molecular formula is C22H29NO9. The van der Waals surface area contributed by atoms with Crippen LogP contribution in [-0.4, -0.2) is 65.5 Å². The molecule has 3 N–H and O–H groups in total. The first kappa shape index (κ1) is 24.0. The van der Waals surface area contributed by atoms with Crippen molar-refractivity contribution >= 4 is 16.7 Å². The molecule has 1 aromatic carbocycles. The number of oxime groups is 1. The van der Waals surface area contributed by atoms with Crippen LogP contribution in [0.5, 0.6) is 11.5 Å². The number of aliphatic hydroxyl groups excluding tert-OH is 2. The van der Waals surface area contributed by atoms with E-state index in [1.165, 1.54) is 27.2 Å². The van der Waals surface area contributed by atoms with E-state index in [1.54, 1.807) is 19.9 Å². The summed E-state index contributed by atoms with van der Waals surface area (Å²) < 4.78 is 22.7. The highest BCUT2D eigenvalue weighted by Gasteiger charge is 2.52. The molecule has 0 bridgehead atoms. The molecule has 1 aromatic heterocycles. The van der Waals surface area contributed by atoms with Gasteiger partial charge in [-0.25, -0.2) is 4.79 Å². The lowest BCUT2D eigenvalue weighted by Crippen LogP contribution is -2.64. The van der Waals surface area contributed by atoms with Gasteiger partial charge in [0.25, 0.3) is 0 Å². The van der Waals surface area contributed by atoms with Gasteiger partial charge in [0.2, 0.25) is 6.29 Å². The Morgan fingerprint density at radius 2 is 1.94 bits per heavy atom. The molecule has 2 heterocycles. The summed E-state index contributed by atoms with van der Waals surface area (Å²) in [5.74, 6) is -0.0456. The lowest BCUT2D eigenvalue weighted by atomic mass is 9.86. The molecule has 10 heteroatoms. The first-order chi connectivity index (χ1) is 15.1. The van der Waals surface area contributed by atoms with Gasteiger partial charge in [-0.1, -0.05) is 12.1 Å². The first-order valence-electron chi connectivity index (χ1n) is 10.2. The van der Waals surface area contributed by atoms with E-state index in [-0.39, 0.29) is 33.7 Å². The molecule has 1 aliphatic heterocycles. The molecule has 0 amide bonds. The smallest absolute Gasteiger partial charge is 0.349 e. The number of fused-ring (bicyclic) bond motifs is 1.